The van der Waals surface area contributed by atoms with E-state index in [1.165, 1.54) is 18.3 Å². The Balaban J connectivity index is 1.58. The first-order chi connectivity index (χ1) is 12.4. The molecule has 1 aromatic carbocycles. The van der Waals surface area contributed by atoms with E-state index in [1.807, 2.05) is 24.3 Å². The summed E-state index contributed by atoms with van der Waals surface area (Å²) in [4.78, 5) is 27.4. The molecule has 0 unspecified atom stereocenters. The number of aromatic amines is 1. The lowest BCUT2D eigenvalue weighted by Gasteiger charge is -2.22. The first-order valence-electron chi connectivity index (χ1n) is 8.06. The highest BCUT2D eigenvalue weighted by molar-refractivity contribution is 7.23. The van der Waals surface area contributed by atoms with Crippen molar-refractivity contribution >= 4 is 56.6 Å². The molecule has 2 aromatic heterocycles. The van der Waals surface area contributed by atoms with Crippen LogP contribution in [0.15, 0.2) is 30.3 Å². The predicted octanol–water partition coefficient (Wildman–Crippen LogP) is 4.07. The van der Waals surface area contributed by atoms with Gasteiger partial charge in [-0.15, -0.1) is 11.3 Å². The van der Waals surface area contributed by atoms with Gasteiger partial charge in [0.05, 0.1) is 27.3 Å². The summed E-state index contributed by atoms with van der Waals surface area (Å²) in [6.45, 7) is 1.48. The van der Waals surface area contributed by atoms with Crippen LogP contribution in [-0.4, -0.2) is 22.8 Å². The van der Waals surface area contributed by atoms with Crippen LogP contribution in [0.1, 0.15) is 34.6 Å². The van der Waals surface area contributed by atoms with Gasteiger partial charge in [0.2, 0.25) is 5.91 Å². The van der Waals surface area contributed by atoms with Crippen molar-refractivity contribution in [2.24, 2.45) is 0 Å². The normalized spacial score (nSPS) is 18.7. The van der Waals surface area contributed by atoms with Crippen molar-refractivity contribution in [1.29, 1.82) is 0 Å². The van der Waals surface area contributed by atoms with Crippen LogP contribution < -0.4 is 10.6 Å². The number of rotatable bonds is 3. The topological polar surface area (TPSA) is 74.0 Å². The number of carbonyl (C=O) groups is 2. The molecule has 0 radical (unpaired) electrons. The number of hydrogen-bond acceptors (Lipinski definition) is 3. The molecule has 2 heterocycles. The van der Waals surface area contributed by atoms with Crippen molar-refractivity contribution in [3.05, 3.63) is 56.5 Å². The van der Waals surface area contributed by atoms with Gasteiger partial charge in [-0.2, -0.15) is 0 Å². The van der Waals surface area contributed by atoms with Crippen LogP contribution in [0.2, 0.25) is 9.36 Å². The van der Waals surface area contributed by atoms with Gasteiger partial charge in [0.15, 0.2) is 0 Å². The fourth-order valence-electron chi connectivity index (χ4n) is 3.41. The molecule has 3 N–H and O–H groups in total. The van der Waals surface area contributed by atoms with E-state index in [2.05, 4.69) is 15.6 Å². The van der Waals surface area contributed by atoms with Crippen LogP contribution in [0.5, 0.6) is 0 Å². The zero-order valence-corrected chi connectivity index (χ0v) is 16.1. The van der Waals surface area contributed by atoms with E-state index in [-0.39, 0.29) is 23.9 Å². The quantitative estimate of drug-likeness (QED) is 0.611. The van der Waals surface area contributed by atoms with Crippen LogP contribution in [0.4, 0.5) is 0 Å². The molecular weight excluding hydrogens is 393 g/mol. The molecule has 2 amide bonds. The Morgan fingerprint density at radius 2 is 2.00 bits per heavy atom. The number of H-pyrrole nitrogens is 1. The third-order valence-electron chi connectivity index (χ3n) is 4.53. The number of hydrogen-bond donors (Lipinski definition) is 3. The maximum Gasteiger partial charge on any atom is 0.268 e. The van der Waals surface area contributed by atoms with E-state index >= 15 is 0 Å². The summed E-state index contributed by atoms with van der Waals surface area (Å²) in [5, 5.41) is 6.39. The lowest BCUT2D eigenvalue weighted by molar-refractivity contribution is -0.119. The minimum absolute atomic E-state index is 0.132. The predicted molar refractivity (Wildman–Crippen MR) is 104 cm³/mol. The molecule has 2 atom stereocenters. The highest BCUT2D eigenvalue weighted by Gasteiger charge is 2.34. The molecule has 5 nitrogen and oxygen atoms in total. The highest BCUT2D eigenvalue weighted by Crippen LogP contribution is 2.39. The van der Waals surface area contributed by atoms with Crippen molar-refractivity contribution in [3.63, 3.8) is 0 Å². The first kappa shape index (κ1) is 17.4. The highest BCUT2D eigenvalue weighted by atomic mass is 35.5. The summed E-state index contributed by atoms with van der Waals surface area (Å²) in [5.41, 5.74) is 3.25. The van der Waals surface area contributed by atoms with Gasteiger partial charge in [-0.3, -0.25) is 9.59 Å². The van der Waals surface area contributed by atoms with Gasteiger partial charge in [-0.05, 0) is 23.6 Å². The molecule has 0 bridgehead atoms. The second kappa shape index (κ2) is 6.61. The van der Waals surface area contributed by atoms with E-state index in [0.717, 1.165) is 15.8 Å². The van der Waals surface area contributed by atoms with Crippen LogP contribution in [0, 0.1) is 0 Å². The molecular formula is C18H15Cl2N3O2S. The first-order valence-corrected chi connectivity index (χ1v) is 9.63. The monoisotopic (exact) mass is 407 g/mol. The minimum Gasteiger partial charge on any atom is -0.349 e. The molecule has 0 spiro atoms. The number of aromatic nitrogens is 1. The number of amides is 2. The Bertz CT molecular complexity index is 1030. The summed E-state index contributed by atoms with van der Waals surface area (Å²) in [7, 11) is 0. The van der Waals surface area contributed by atoms with Crippen molar-refractivity contribution in [2.45, 2.75) is 25.4 Å². The number of halogens is 2. The van der Waals surface area contributed by atoms with Gasteiger partial charge in [-0.1, -0.05) is 47.5 Å². The fourth-order valence-corrected chi connectivity index (χ4v) is 4.90. The molecule has 8 heteroatoms. The number of carbonyl (C=O) groups excluding carboxylic acids is 2. The molecule has 0 fully saturated rings. The van der Waals surface area contributed by atoms with Crippen LogP contribution in [-0.2, 0) is 11.2 Å². The summed E-state index contributed by atoms with van der Waals surface area (Å²) >= 11 is 13.5. The molecule has 1 aliphatic rings. The summed E-state index contributed by atoms with van der Waals surface area (Å²) in [6.07, 6.45) is 0.661. The molecule has 26 heavy (non-hydrogen) atoms. The van der Waals surface area contributed by atoms with Gasteiger partial charge in [0.25, 0.3) is 5.91 Å². The van der Waals surface area contributed by atoms with Gasteiger partial charge >= 0.3 is 0 Å². The number of fused-ring (bicyclic) bond motifs is 2. The van der Waals surface area contributed by atoms with Crippen LogP contribution >= 0.6 is 34.5 Å². The molecule has 0 saturated heterocycles. The van der Waals surface area contributed by atoms with Crippen LogP contribution in [0.25, 0.3) is 10.2 Å². The Hall–Kier alpha value is -2.02. The standard InChI is InChI=1S/C18H15Cl2N3O2S/c1-8(24)21-15-10-5-3-2-4-9(10)6-11(15)23-18(25)12-7-13-16(22-12)14(19)17(20)26-13/h2-5,7,11,15,22H,6H2,1H3,(H,21,24)(H,23,25)/t11-,15-/m0/s1. The van der Waals surface area contributed by atoms with E-state index in [1.54, 1.807) is 6.07 Å². The lowest BCUT2D eigenvalue weighted by atomic mass is 10.1. The Morgan fingerprint density at radius 3 is 2.73 bits per heavy atom. The molecule has 3 aromatic rings. The second-order valence-electron chi connectivity index (χ2n) is 6.27. The fraction of sp³-hybridized carbons (Fsp3) is 0.222. The third-order valence-corrected chi connectivity index (χ3v) is 6.46. The van der Waals surface area contributed by atoms with Crippen molar-refractivity contribution in [3.8, 4) is 0 Å². The van der Waals surface area contributed by atoms with Gasteiger partial charge in [-0.25, -0.2) is 0 Å². The molecule has 0 saturated carbocycles. The van der Waals surface area contributed by atoms with Crippen LogP contribution in [0.3, 0.4) is 0 Å². The van der Waals surface area contributed by atoms with Gasteiger partial charge in [0.1, 0.15) is 10.0 Å². The average Bonchev–Trinajstić information content (AvgIpc) is 3.23. The largest absolute Gasteiger partial charge is 0.349 e. The Kier molecular flexibility index (Phi) is 4.42. The van der Waals surface area contributed by atoms with Gasteiger partial charge < -0.3 is 15.6 Å². The Morgan fingerprint density at radius 1 is 1.23 bits per heavy atom. The van der Waals surface area contributed by atoms with Crippen molar-refractivity contribution in [2.75, 3.05) is 0 Å². The van der Waals surface area contributed by atoms with Crippen molar-refractivity contribution < 1.29 is 9.59 Å². The SMILES string of the molecule is CC(=O)N[C@H]1c2ccccc2C[C@@H]1NC(=O)c1cc2sc(Cl)c(Cl)c2[nH]1. The van der Waals surface area contributed by atoms with E-state index in [4.69, 9.17) is 23.2 Å². The van der Waals surface area contributed by atoms with Gasteiger partial charge in [0, 0.05) is 6.92 Å². The third kappa shape index (κ3) is 2.98. The average molecular weight is 408 g/mol. The van der Waals surface area contributed by atoms with E-state index < -0.39 is 0 Å². The molecule has 0 aliphatic heterocycles. The maximum absolute atomic E-state index is 12.7. The van der Waals surface area contributed by atoms with Crippen molar-refractivity contribution in [1.82, 2.24) is 15.6 Å². The molecule has 1 aliphatic carbocycles. The number of benzene rings is 1. The zero-order valence-electron chi connectivity index (χ0n) is 13.7. The zero-order chi connectivity index (χ0) is 18.4. The minimum atomic E-state index is -0.248. The van der Waals surface area contributed by atoms with E-state index in [0.29, 0.717) is 27.0 Å². The molecule has 134 valence electrons. The number of thiophene rings is 1. The number of nitrogens with one attached hydrogen (secondary N) is 3. The smallest absolute Gasteiger partial charge is 0.268 e. The Labute approximate surface area is 163 Å². The summed E-state index contributed by atoms with van der Waals surface area (Å²) < 4.78 is 1.33. The maximum atomic E-state index is 12.7. The van der Waals surface area contributed by atoms with E-state index in [9.17, 15) is 9.59 Å². The summed E-state index contributed by atoms with van der Waals surface area (Å²) in [6, 6.07) is 9.16. The molecule has 4 rings (SSSR count). The second-order valence-corrected chi connectivity index (χ2v) is 8.31. The lowest BCUT2D eigenvalue weighted by Crippen LogP contribution is -2.44. The summed E-state index contributed by atoms with van der Waals surface area (Å²) in [5.74, 6) is -0.374.